The van der Waals surface area contributed by atoms with E-state index < -0.39 is 0 Å². The van der Waals surface area contributed by atoms with Gasteiger partial charge in [-0.3, -0.25) is 4.99 Å². The molecule has 1 aromatic rings. The summed E-state index contributed by atoms with van der Waals surface area (Å²) in [6.45, 7) is 10.5. The molecule has 0 spiro atoms. The van der Waals surface area contributed by atoms with Crippen LogP contribution in [0.25, 0.3) is 0 Å². The Bertz CT molecular complexity index is 905. The number of hydrogen-bond donors (Lipinski definition) is 0. The molecule has 166 valence electrons. The molecule has 2 heteroatoms. The molecular formula is C29H39NO. The summed E-state index contributed by atoms with van der Waals surface area (Å²) in [6.07, 6.45) is 15.7. The summed E-state index contributed by atoms with van der Waals surface area (Å²) < 4.78 is 5.60. The normalized spacial score (nSPS) is 17.9. The summed E-state index contributed by atoms with van der Waals surface area (Å²) in [4.78, 5) is 5.02. The van der Waals surface area contributed by atoms with Crippen LogP contribution in [0.15, 0.2) is 64.5 Å². The number of ether oxygens (including phenoxy) is 1. The van der Waals surface area contributed by atoms with Crippen LogP contribution >= 0.6 is 0 Å². The van der Waals surface area contributed by atoms with Crippen molar-refractivity contribution >= 4 is 5.71 Å². The number of benzene rings is 1. The Balaban J connectivity index is 1.65. The van der Waals surface area contributed by atoms with Crippen LogP contribution < -0.4 is 4.74 Å². The minimum atomic E-state index is 0.325. The van der Waals surface area contributed by atoms with E-state index in [1.807, 2.05) is 0 Å². The Morgan fingerprint density at radius 1 is 1.23 bits per heavy atom. The van der Waals surface area contributed by atoms with Crippen molar-refractivity contribution in [2.45, 2.75) is 78.6 Å². The fraction of sp³-hybridized carbons (Fsp3) is 0.517. The Morgan fingerprint density at radius 3 is 2.71 bits per heavy atom. The predicted octanol–water partition coefficient (Wildman–Crippen LogP) is 7.93. The van der Waals surface area contributed by atoms with Crippen molar-refractivity contribution in [3.8, 4) is 5.75 Å². The third kappa shape index (κ3) is 6.34. The van der Waals surface area contributed by atoms with Crippen LogP contribution in [0.3, 0.4) is 0 Å². The van der Waals surface area contributed by atoms with Gasteiger partial charge in [0.2, 0.25) is 0 Å². The van der Waals surface area contributed by atoms with E-state index in [1.165, 1.54) is 60.8 Å². The van der Waals surface area contributed by atoms with Gasteiger partial charge in [-0.15, -0.1) is 5.73 Å². The highest BCUT2D eigenvalue weighted by atomic mass is 16.5. The van der Waals surface area contributed by atoms with E-state index in [1.54, 1.807) is 7.11 Å². The second kappa shape index (κ2) is 11.3. The summed E-state index contributed by atoms with van der Waals surface area (Å²) in [5.41, 5.74) is 10.6. The molecule has 1 aliphatic carbocycles. The van der Waals surface area contributed by atoms with Crippen molar-refractivity contribution < 1.29 is 4.74 Å². The molecule has 1 aromatic carbocycles. The van der Waals surface area contributed by atoms with Gasteiger partial charge in [0.15, 0.2) is 0 Å². The van der Waals surface area contributed by atoms with Gasteiger partial charge in [-0.2, -0.15) is 0 Å². The first-order valence-corrected chi connectivity index (χ1v) is 12.0. The maximum atomic E-state index is 5.60. The minimum absolute atomic E-state index is 0.325. The van der Waals surface area contributed by atoms with Crippen LogP contribution in [-0.4, -0.2) is 12.8 Å². The van der Waals surface area contributed by atoms with Gasteiger partial charge in [-0.05, 0) is 61.8 Å². The zero-order chi connectivity index (χ0) is 22.2. The van der Waals surface area contributed by atoms with Crippen molar-refractivity contribution in [1.29, 1.82) is 0 Å². The maximum Gasteiger partial charge on any atom is 0.122 e. The van der Waals surface area contributed by atoms with Gasteiger partial charge < -0.3 is 4.74 Å². The van der Waals surface area contributed by atoms with Gasteiger partial charge in [0.1, 0.15) is 5.75 Å². The minimum Gasteiger partial charge on any atom is -0.496 e. The highest BCUT2D eigenvalue weighted by molar-refractivity contribution is 6.00. The lowest BCUT2D eigenvalue weighted by Crippen LogP contribution is -2.11. The highest BCUT2D eigenvalue weighted by Gasteiger charge is 2.20. The second-order valence-electron chi connectivity index (χ2n) is 9.25. The smallest absolute Gasteiger partial charge is 0.122 e. The summed E-state index contributed by atoms with van der Waals surface area (Å²) in [6, 6.07) is 6.40. The second-order valence-corrected chi connectivity index (χ2v) is 9.25. The molecular weight excluding hydrogens is 378 g/mol. The number of methoxy groups -OCH3 is 1. The van der Waals surface area contributed by atoms with Crippen molar-refractivity contribution in [2.24, 2.45) is 16.8 Å². The van der Waals surface area contributed by atoms with Gasteiger partial charge >= 0.3 is 0 Å². The average Bonchev–Trinajstić information content (AvgIpc) is 3.21. The number of hydrogen-bond acceptors (Lipinski definition) is 2. The summed E-state index contributed by atoms with van der Waals surface area (Å²) in [5.74, 6) is 2.22. The van der Waals surface area contributed by atoms with E-state index in [9.17, 15) is 0 Å². The molecule has 2 aliphatic rings. The Hall–Kier alpha value is -2.31. The maximum absolute atomic E-state index is 5.60. The van der Waals surface area contributed by atoms with Crippen molar-refractivity contribution in [2.75, 3.05) is 7.11 Å². The van der Waals surface area contributed by atoms with Gasteiger partial charge in [0.25, 0.3) is 0 Å². The Kier molecular flexibility index (Phi) is 8.55. The zero-order valence-corrected chi connectivity index (χ0v) is 20.0. The predicted molar refractivity (Wildman–Crippen MR) is 133 cm³/mol. The van der Waals surface area contributed by atoms with E-state index >= 15 is 0 Å². The van der Waals surface area contributed by atoms with Gasteiger partial charge in [0, 0.05) is 29.3 Å². The molecule has 0 bridgehead atoms. The first-order chi connectivity index (χ1) is 15.0. The fourth-order valence-electron chi connectivity index (χ4n) is 5.12. The molecule has 1 unspecified atom stereocenters. The highest BCUT2D eigenvalue weighted by Crippen LogP contribution is 2.32. The standard InChI is InChI=1S/C29H39NO/c1-6-25(14-9-13-24-11-7-8-12-24)22(3)28-16-10-15-27(30-23(28)4)20-26-18-17-21(2)19-29(26)31-5/h15-19,22,24H,1,7-14,20H2,2-5H3. The van der Waals surface area contributed by atoms with E-state index in [4.69, 9.17) is 9.73 Å². The average molecular weight is 418 g/mol. The van der Waals surface area contributed by atoms with Crippen molar-refractivity contribution in [3.63, 3.8) is 0 Å². The van der Waals surface area contributed by atoms with Crippen LogP contribution in [0.1, 0.15) is 76.3 Å². The first kappa shape index (κ1) is 23.4. The van der Waals surface area contributed by atoms with Crippen LogP contribution in [-0.2, 0) is 6.42 Å². The largest absolute Gasteiger partial charge is 0.496 e. The molecule has 1 fully saturated rings. The number of rotatable bonds is 9. The van der Waals surface area contributed by atoms with Crippen LogP contribution in [0.5, 0.6) is 5.75 Å². The van der Waals surface area contributed by atoms with Crippen LogP contribution in [0, 0.1) is 18.8 Å². The zero-order valence-electron chi connectivity index (χ0n) is 20.0. The number of allylic oxidation sites excluding steroid dienone is 5. The lowest BCUT2D eigenvalue weighted by Gasteiger charge is -2.19. The summed E-state index contributed by atoms with van der Waals surface area (Å²) in [7, 11) is 1.74. The number of aliphatic imine (C=N–C) groups is 1. The molecule has 1 saturated carbocycles. The summed E-state index contributed by atoms with van der Waals surface area (Å²) in [5, 5.41) is 0. The molecule has 1 heterocycles. The quantitative estimate of drug-likeness (QED) is 0.374. The topological polar surface area (TPSA) is 21.6 Å². The number of nitrogens with zero attached hydrogens (tertiary/aromatic N) is 1. The lowest BCUT2D eigenvalue weighted by atomic mass is 9.86. The Labute approximate surface area is 189 Å². The molecule has 0 amide bonds. The van der Waals surface area contributed by atoms with Crippen LogP contribution in [0.2, 0.25) is 0 Å². The van der Waals surface area contributed by atoms with Gasteiger partial charge in [0.05, 0.1) is 7.11 Å². The first-order valence-electron chi connectivity index (χ1n) is 12.0. The third-order valence-electron chi connectivity index (χ3n) is 6.98. The lowest BCUT2D eigenvalue weighted by molar-refractivity contribution is 0.410. The molecule has 0 radical (unpaired) electrons. The van der Waals surface area contributed by atoms with Gasteiger partial charge in [-0.25, -0.2) is 0 Å². The van der Waals surface area contributed by atoms with E-state index in [0.717, 1.165) is 42.3 Å². The Morgan fingerprint density at radius 2 is 2.00 bits per heavy atom. The molecule has 0 aromatic heterocycles. The monoisotopic (exact) mass is 417 g/mol. The molecule has 1 atom stereocenters. The molecule has 31 heavy (non-hydrogen) atoms. The van der Waals surface area contributed by atoms with Crippen molar-refractivity contribution in [1.82, 2.24) is 0 Å². The van der Waals surface area contributed by atoms with E-state index in [-0.39, 0.29) is 0 Å². The fourth-order valence-corrected chi connectivity index (χ4v) is 5.12. The number of aryl methyl sites for hydroxylation is 1. The summed E-state index contributed by atoms with van der Waals surface area (Å²) >= 11 is 0. The molecule has 3 rings (SSSR count). The SMILES string of the molecule is C=C=C(CCCC1CCCC1)C(C)C1=CCC=C(Cc2ccc(C)cc2OC)N=C1C. The van der Waals surface area contributed by atoms with E-state index in [2.05, 4.69) is 63.4 Å². The van der Waals surface area contributed by atoms with Crippen molar-refractivity contribution in [3.05, 3.63) is 70.6 Å². The molecule has 2 nitrogen and oxygen atoms in total. The van der Waals surface area contributed by atoms with Crippen LogP contribution in [0.4, 0.5) is 0 Å². The van der Waals surface area contributed by atoms with E-state index in [0.29, 0.717) is 5.92 Å². The molecule has 1 aliphatic heterocycles. The molecule has 0 N–H and O–H groups in total. The molecule has 0 saturated heterocycles. The van der Waals surface area contributed by atoms with Gasteiger partial charge in [-0.1, -0.05) is 69.9 Å². The third-order valence-corrected chi connectivity index (χ3v) is 6.98.